The molecular weight excluding hydrogens is 290 g/mol. The van der Waals surface area contributed by atoms with E-state index in [1.807, 2.05) is 13.1 Å². The number of rotatable bonds is 6. The first-order valence-corrected chi connectivity index (χ1v) is 9.04. The summed E-state index contributed by atoms with van der Waals surface area (Å²) in [5, 5.41) is 3.15. The van der Waals surface area contributed by atoms with Crippen LogP contribution >= 0.6 is 0 Å². The van der Waals surface area contributed by atoms with Gasteiger partial charge < -0.3 is 10.1 Å². The van der Waals surface area contributed by atoms with Crippen molar-refractivity contribution in [3.05, 3.63) is 11.6 Å². The molecule has 0 aliphatic carbocycles. The van der Waals surface area contributed by atoms with Gasteiger partial charge in [-0.1, -0.05) is 6.08 Å². The van der Waals surface area contributed by atoms with Gasteiger partial charge in [-0.15, -0.1) is 0 Å². The second-order valence-electron chi connectivity index (χ2n) is 5.84. The Morgan fingerprint density at radius 3 is 2.81 bits per heavy atom. The molecule has 0 saturated carbocycles. The third kappa shape index (κ3) is 4.26. The highest BCUT2D eigenvalue weighted by atomic mass is 32.2. The summed E-state index contributed by atoms with van der Waals surface area (Å²) in [6.45, 7) is 3.78. The van der Waals surface area contributed by atoms with Gasteiger partial charge in [-0.2, -0.15) is 17.0 Å². The lowest BCUT2D eigenvalue weighted by atomic mass is 10.00. The van der Waals surface area contributed by atoms with Crippen molar-refractivity contribution < 1.29 is 13.2 Å². The molecule has 2 rings (SSSR count). The molecule has 7 heteroatoms. The first-order valence-electron chi connectivity index (χ1n) is 7.64. The molecule has 0 aromatic rings. The van der Waals surface area contributed by atoms with Crippen LogP contribution in [0.1, 0.15) is 19.3 Å². The zero-order chi connectivity index (χ0) is 15.3. The molecule has 6 nitrogen and oxygen atoms in total. The fourth-order valence-corrected chi connectivity index (χ4v) is 4.74. The summed E-state index contributed by atoms with van der Waals surface area (Å²) in [4.78, 5) is 0. The summed E-state index contributed by atoms with van der Waals surface area (Å²) in [7, 11) is 0.262. The number of nitrogens with zero attached hydrogens (tertiary/aromatic N) is 2. The maximum Gasteiger partial charge on any atom is 0.282 e. The fraction of sp³-hybridized carbons (Fsp3) is 0.857. The maximum atomic E-state index is 12.7. The Labute approximate surface area is 128 Å². The average molecular weight is 317 g/mol. The van der Waals surface area contributed by atoms with Crippen molar-refractivity contribution in [1.29, 1.82) is 0 Å². The quantitative estimate of drug-likeness (QED) is 0.722. The van der Waals surface area contributed by atoms with Crippen LogP contribution in [0.3, 0.4) is 0 Å². The van der Waals surface area contributed by atoms with Crippen LogP contribution in [0.4, 0.5) is 0 Å². The number of piperidine rings is 1. The van der Waals surface area contributed by atoms with Gasteiger partial charge in [0.15, 0.2) is 0 Å². The van der Waals surface area contributed by atoms with Crippen molar-refractivity contribution in [2.45, 2.75) is 19.3 Å². The smallest absolute Gasteiger partial charge is 0.282 e. The van der Waals surface area contributed by atoms with E-state index in [4.69, 9.17) is 4.74 Å². The third-order valence-corrected chi connectivity index (χ3v) is 6.19. The minimum atomic E-state index is -3.32. The minimum Gasteiger partial charge on any atom is -0.380 e. The van der Waals surface area contributed by atoms with Gasteiger partial charge >= 0.3 is 0 Å². The molecule has 1 unspecified atom stereocenters. The van der Waals surface area contributed by atoms with E-state index in [1.165, 1.54) is 5.57 Å². The first kappa shape index (κ1) is 16.9. The highest BCUT2D eigenvalue weighted by Crippen LogP contribution is 2.23. The Kier molecular flexibility index (Phi) is 6.19. The standard InChI is InChI=1S/C14H27N3O3S/c1-15-10-14-4-3-7-17(11-14)21(18,19)16-8-5-13(6-9-16)12-20-2/h5,14-15H,3-4,6-12H2,1-2H3. The van der Waals surface area contributed by atoms with Crippen molar-refractivity contribution in [1.82, 2.24) is 13.9 Å². The largest absolute Gasteiger partial charge is 0.380 e. The number of methoxy groups -OCH3 is 1. The lowest BCUT2D eigenvalue weighted by molar-refractivity contribution is 0.216. The van der Waals surface area contributed by atoms with Crippen molar-refractivity contribution in [2.75, 3.05) is 53.5 Å². The third-order valence-electron chi connectivity index (χ3n) is 4.22. The van der Waals surface area contributed by atoms with E-state index in [1.54, 1.807) is 15.7 Å². The van der Waals surface area contributed by atoms with Crippen LogP contribution in [-0.2, 0) is 14.9 Å². The molecule has 1 N–H and O–H groups in total. The van der Waals surface area contributed by atoms with E-state index in [2.05, 4.69) is 5.32 Å². The molecule has 2 aliphatic rings. The average Bonchev–Trinajstić information content (AvgIpc) is 2.49. The number of hydrogen-bond acceptors (Lipinski definition) is 4. The normalized spacial score (nSPS) is 25.8. The Morgan fingerprint density at radius 1 is 1.38 bits per heavy atom. The van der Waals surface area contributed by atoms with Crippen LogP contribution in [0.15, 0.2) is 11.6 Å². The second kappa shape index (κ2) is 7.69. The molecule has 2 aliphatic heterocycles. The van der Waals surface area contributed by atoms with E-state index < -0.39 is 10.2 Å². The molecule has 2 heterocycles. The summed E-state index contributed by atoms with van der Waals surface area (Å²) in [5.41, 5.74) is 1.19. The van der Waals surface area contributed by atoms with Gasteiger partial charge in [0.1, 0.15) is 0 Å². The second-order valence-corrected chi connectivity index (χ2v) is 7.76. The number of ether oxygens (including phenoxy) is 1. The van der Waals surface area contributed by atoms with Crippen molar-refractivity contribution in [3.63, 3.8) is 0 Å². The first-order chi connectivity index (χ1) is 10.1. The van der Waals surface area contributed by atoms with E-state index in [0.29, 0.717) is 38.7 Å². The predicted molar refractivity (Wildman–Crippen MR) is 83.3 cm³/mol. The van der Waals surface area contributed by atoms with Gasteiger partial charge in [0.25, 0.3) is 10.2 Å². The SMILES string of the molecule is CNCC1CCCN(S(=O)(=O)N2CC=C(COC)CC2)C1. The summed E-state index contributed by atoms with van der Waals surface area (Å²) < 4.78 is 33.8. The predicted octanol–water partition coefficient (Wildman–Crippen LogP) is 0.441. The van der Waals surface area contributed by atoms with Gasteiger partial charge in [0.05, 0.1) is 6.61 Å². The number of nitrogens with one attached hydrogen (secondary N) is 1. The van der Waals surface area contributed by atoms with Crippen LogP contribution in [-0.4, -0.2) is 70.5 Å². The summed E-state index contributed by atoms with van der Waals surface area (Å²) in [5.74, 6) is 0.419. The monoisotopic (exact) mass is 317 g/mol. The van der Waals surface area contributed by atoms with Gasteiger partial charge in [-0.3, -0.25) is 0 Å². The van der Waals surface area contributed by atoms with Gasteiger partial charge in [-0.05, 0) is 44.3 Å². The van der Waals surface area contributed by atoms with Crippen molar-refractivity contribution >= 4 is 10.2 Å². The molecule has 21 heavy (non-hydrogen) atoms. The van der Waals surface area contributed by atoms with Crippen LogP contribution in [0, 0.1) is 5.92 Å². The molecule has 0 aromatic heterocycles. The number of hydrogen-bond donors (Lipinski definition) is 1. The van der Waals surface area contributed by atoms with E-state index >= 15 is 0 Å². The van der Waals surface area contributed by atoms with E-state index in [9.17, 15) is 8.42 Å². The van der Waals surface area contributed by atoms with Crippen molar-refractivity contribution in [2.24, 2.45) is 5.92 Å². The Balaban J connectivity index is 1.98. The molecule has 1 fully saturated rings. The van der Waals surface area contributed by atoms with E-state index in [0.717, 1.165) is 25.8 Å². The Bertz CT molecular complexity index is 462. The summed E-state index contributed by atoms with van der Waals surface area (Å²) >= 11 is 0. The van der Waals surface area contributed by atoms with Crippen LogP contribution in [0.2, 0.25) is 0 Å². The molecule has 0 aromatic carbocycles. The van der Waals surface area contributed by atoms with Crippen molar-refractivity contribution in [3.8, 4) is 0 Å². The Morgan fingerprint density at radius 2 is 2.19 bits per heavy atom. The minimum absolute atomic E-state index is 0.419. The fourth-order valence-electron chi connectivity index (χ4n) is 3.07. The van der Waals surface area contributed by atoms with Crippen LogP contribution in [0.5, 0.6) is 0 Å². The highest BCUT2D eigenvalue weighted by Gasteiger charge is 2.33. The Hall–Kier alpha value is -0.470. The molecule has 0 spiro atoms. The van der Waals surface area contributed by atoms with Crippen LogP contribution in [0.25, 0.3) is 0 Å². The summed E-state index contributed by atoms with van der Waals surface area (Å²) in [6, 6.07) is 0. The lowest BCUT2D eigenvalue weighted by Gasteiger charge is -2.36. The van der Waals surface area contributed by atoms with Gasteiger partial charge in [0, 0.05) is 33.3 Å². The molecule has 0 amide bonds. The maximum absolute atomic E-state index is 12.7. The topological polar surface area (TPSA) is 61.9 Å². The molecule has 1 atom stereocenters. The molecule has 122 valence electrons. The van der Waals surface area contributed by atoms with Gasteiger partial charge in [0.2, 0.25) is 0 Å². The molecule has 1 saturated heterocycles. The van der Waals surface area contributed by atoms with E-state index in [-0.39, 0.29) is 0 Å². The van der Waals surface area contributed by atoms with Crippen LogP contribution < -0.4 is 5.32 Å². The van der Waals surface area contributed by atoms with Gasteiger partial charge in [-0.25, -0.2) is 0 Å². The zero-order valence-electron chi connectivity index (χ0n) is 13.0. The molecular formula is C14H27N3O3S. The highest BCUT2D eigenvalue weighted by molar-refractivity contribution is 7.86. The zero-order valence-corrected chi connectivity index (χ0v) is 13.9. The molecule has 0 radical (unpaired) electrons. The lowest BCUT2D eigenvalue weighted by Crippen LogP contribution is -2.50. The molecule has 0 bridgehead atoms. The summed E-state index contributed by atoms with van der Waals surface area (Å²) in [6.07, 6.45) is 4.80.